The van der Waals surface area contributed by atoms with E-state index in [-0.39, 0.29) is 0 Å². The van der Waals surface area contributed by atoms with Crippen molar-refractivity contribution in [1.29, 1.82) is 5.53 Å². The van der Waals surface area contributed by atoms with Crippen molar-refractivity contribution in [2.24, 2.45) is 5.11 Å². The van der Waals surface area contributed by atoms with Gasteiger partial charge in [0, 0.05) is 5.56 Å². The molecular weight excluding hydrogens is 140 g/mol. The molecule has 0 saturated carbocycles. The zero-order valence-electron chi connectivity index (χ0n) is 5.74. The van der Waals surface area contributed by atoms with Crippen molar-refractivity contribution < 1.29 is 4.42 Å². The Morgan fingerprint density at radius 2 is 2.18 bits per heavy atom. The summed E-state index contributed by atoms with van der Waals surface area (Å²) in [5.41, 5.74) is 8.74. The van der Waals surface area contributed by atoms with E-state index in [1.807, 2.05) is 24.3 Å². The van der Waals surface area contributed by atoms with Crippen molar-refractivity contribution in [3.8, 4) is 11.1 Å². The van der Waals surface area contributed by atoms with Gasteiger partial charge in [0.1, 0.15) is 0 Å². The van der Waals surface area contributed by atoms with Crippen molar-refractivity contribution in [2.45, 2.75) is 0 Å². The molecule has 1 heterocycles. The largest absolute Gasteiger partial charge is 0.445 e. The van der Waals surface area contributed by atoms with E-state index in [0.717, 1.165) is 11.1 Å². The molecule has 0 saturated heterocycles. The maximum absolute atomic E-state index is 6.80. The summed E-state index contributed by atoms with van der Waals surface area (Å²) in [6.07, 6.45) is 1.54. The highest BCUT2D eigenvalue weighted by Gasteiger charge is 2.07. The number of fused-ring (bicyclic) bond motifs is 1. The van der Waals surface area contributed by atoms with Crippen LogP contribution in [0.4, 0.5) is 5.88 Å². The summed E-state index contributed by atoms with van der Waals surface area (Å²) in [6.45, 7) is 0. The van der Waals surface area contributed by atoms with Crippen LogP contribution in [-0.2, 0) is 0 Å². The van der Waals surface area contributed by atoms with Crippen LogP contribution in [0.15, 0.2) is 40.1 Å². The minimum absolute atomic E-state index is 0.368. The van der Waals surface area contributed by atoms with Crippen molar-refractivity contribution >= 4 is 5.88 Å². The van der Waals surface area contributed by atoms with Crippen LogP contribution in [0, 0.1) is 5.53 Å². The summed E-state index contributed by atoms with van der Waals surface area (Å²) in [5.74, 6) is 0.368. The Morgan fingerprint density at radius 1 is 1.27 bits per heavy atom. The van der Waals surface area contributed by atoms with E-state index in [1.165, 1.54) is 6.26 Å². The predicted molar refractivity (Wildman–Crippen MR) is 40.1 cm³/mol. The zero-order valence-corrected chi connectivity index (χ0v) is 5.74. The fraction of sp³-hybridized carbons (Fsp3) is 0. The van der Waals surface area contributed by atoms with E-state index in [2.05, 4.69) is 5.11 Å². The summed E-state index contributed by atoms with van der Waals surface area (Å²) in [6, 6.07) is 7.60. The summed E-state index contributed by atoms with van der Waals surface area (Å²) < 4.78 is 4.99. The Hall–Kier alpha value is -1.64. The molecule has 0 bridgehead atoms. The van der Waals surface area contributed by atoms with Gasteiger partial charge >= 0.3 is 0 Å². The molecule has 0 fully saturated rings. The molecule has 3 nitrogen and oxygen atoms in total. The molecular formula is C8H6N2O. The van der Waals surface area contributed by atoms with E-state index < -0.39 is 0 Å². The van der Waals surface area contributed by atoms with Crippen LogP contribution in [-0.4, -0.2) is 0 Å². The van der Waals surface area contributed by atoms with Crippen LogP contribution in [0.2, 0.25) is 0 Å². The van der Waals surface area contributed by atoms with Gasteiger partial charge < -0.3 is 4.42 Å². The molecule has 2 aliphatic rings. The molecule has 1 aliphatic carbocycles. The Balaban J connectivity index is 2.75. The molecule has 0 radical (unpaired) electrons. The minimum Gasteiger partial charge on any atom is -0.445 e. The lowest BCUT2D eigenvalue weighted by atomic mass is 10.2. The molecule has 0 aromatic heterocycles. The van der Waals surface area contributed by atoms with Gasteiger partial charge in [-0.1, -0.05) is 12.1 Å². The van der Waals surface area contributed by atoms with Crippen LogP contribution in [0.5, 0.6) is 0 Å². The Morgan fingerprint density at radius 3 is 3.00 bits per heavy atom. The zero-order chi connectivity index (χ0) is 7.68. The summed E-state index contributed by atoms with van der Waals surface area (Å²) in [7, 11) is 0. The number of nitrogens with one attached hydrogen (secondary N) is 1. The first-order valence-corrected chi connectivity index (χ1v) is 3.25. The second kappa shape index (κ2) is 2.20. The van der Waals surface area contributed by atoms with Gasteiger partial charge in [-0.05, 0) is 17.7 Å². The molecule has 11 heavy (non-hydrogen) atoms. The average molecular weight is 146 g/mol. The SMILES string of the molecule is N=Nc1occc2cccc1-2. The highest BCUT2D eigenvalue weighted by Crippen LogP contribution is 2.32. The van der Waals surface area contributed by atoms with Gasteiger partial charge in [-0.3, -0.25) is 0 Å². The maximum Gasteiger partial charge on any atom is 0.245 e. The number of hydrogen-bond acceptors (Lipinski definition) is 3. The summed E-state index contributed by atoms with van der Waals surface area (Å²) in [5, 5.41) is 3.25. The first kappa shape index (κ1) is 6.09. The first-order chi connectivity index (χ1) is 5.42. The van der Waals surface area contributed by atoms with E-state index in [1.54, 1.807) is 0 Å². The average Bonchev–Trinajstić information content (AvgIpc) is 2.50. The van der Waals surface area contributed by atoms with Crippen LogP contribution >= 0.6 is 0 Å². The number of rotatable bonds is 1. The molecule has 0 aromatic carbocycles. The number of nitrogens with zero attached hydrogens (tertiary/aromatic N) is 1. The molecule has 1 aliphatic heterocycles. The van der Waals surface area contributed by atoms with Gasteiger partial charge in [-0.25, -0.2) is 5.53 Å². The molecule has 0 atom stereocenters. The summed E-state index contributed by atoms with van der Waals surface area (Å²) >= 11 is 0. The molecule has 3 heteroatoms. The molecule has 54 valence electrons. The lowest BCUT2D eigenvalue weighted by Gasteiger charge is -1.98. The van der Waals surface area contributed by atoms with Crippen molar-refractivity contribution in [3.63, 3.8) is 0 Å². The van der Waals surface area contributed by atoms with Gasteiger partial charge in [0.2, 0.25) is 5.88 Å². The van der Waals surface area contributed by atoms with E-state index in [4.69, 9.17) is 9.95 Å². The van der Waals surface area contributed by atoms with Gasteiger partial charge in [0.25, 0.3) is 0 Å². The third-order valence-electron chi connectivity index (χ3n) is 1.61. The van der Waals surface area contributed by atoms with E-state index >= 15 is 0 Å². The van der Waals surface area contributed by atoms with Crippen LogP contribution in [0.3, 0.4) is 0 Å². The normalized spacial score (nSPS) is 10.2. The van der Waals surface area contributed by atoms with Gasteiger partial charge in [-0.2, -0.15) is 0 Å². The minimum atomic E-state index is 0.368. The quantitative estimate of drug-likeness (QED) is 0.617. The lowest BCUT2D eigenvalue weighted by Crippen LogP contribution is -1.71. The highest BCUT2D eigenvalue weighted by atomic mass is 16.3. The number of hydrogen-bond donors (Lipinski definition) is 1. The van der Waals surface area contributed by atoms with Crippen molar-refractivity contribution in [2.75, 3.05) is 0 Å². The second-order valence-electron chi connectivity index (χ2n) is 2.23. The molecule has 2 rings (SSSR count). The lowest BCUT2D eigenvalue weighted by molar-refractivity contribution is 0.555. The fourth-order valence-electron chi connectivity index (χ4n) is 1.10. The standard InChI is InChI=1S/C8H6N2O/c9-10-8-7-3-1-2-6(7)4-5-11-8/h1-5,9H. The van der Waals surface area contributed by atoms with Crippen LogP contribution < -0.4 is 0 Å². The monoisotopic (exact) mass is 146 g/mol. The smallest absolute Gasteiger partial charge is 0.245 e. The predicted octanol–water partition coefficient (Wildman–Crippen LogP) is 3.05. The Bertz CT molecular complexity index is 353. The van der Waals surface area contributed by atoms with Crippen molar-refractivity contribution in [3.05, 3.63) is 30.5 Å². The first-order valence-electron chi connectivity index (χ1n) is 3.25. The van der Waals surface area contributed by atoms with Crippen LogP contribution in [0.1, 0.15) is 0 Å². The van der Waals surface area contributed by atoms with Gasteiger partial charge in [0.15, 0.2) is 0 Å². The van der Waals surface area contributed by atoms with Gasteiger partial charge in [0.05, 0.1) is 6.26 Å². The third kappa shape index (κ3) is 0.816. The second-order valence-corrected chi connectivity index (χ2v) is 2.23. The van der Waals surface area contributed by atoms with E-state index in [0.29, 0.717) is 5.88 Å². The molecule has 0 aromatic rings. The van der Waals surface area contributed by atoms with Crippen molar-refractivity contribution in [1.82, 2.24) is 0 Å². The van der Waals surface area contributed by atoms with Crippen LogP contribution in [0.25, 0.3) is 11.1 Å². The Labute approximate surface area is 63.5 Å². The topological polar surface area (TPSA) is 49.4 Å². The molecule has 1 N–H and O–H groups in total. The molecule has 0 spiro atoms. The van der Waals surface area contributed by atoms with Gasteiger partial charge in [-0.15, -0.1) is 5.11 Å². The highest BCUT2D eigenvalue weighted by molar-refractivity contribution is 5.73. The van der Waals surface area contributed by atoms with E-state index in [9.17, 15) is 0 Å². The maximum atomic E-state index is 6.80. The summed E-state index contributed by atoms with van der Waals surface area (Å²) in [4.78, 5) is 0. The Kier molecular flexibility index (Phi) is 1.22. The molecule has 0 amide bonds. The third-order valence-corrected chi connectivity index (χ3v) is 1.61. The fourth-order valence-corrected chi connectivity index (χ4v) is 1.10. The molecule has 0 unspecified atom stereocenters.